The summed E-state index contributed by atoms with van der Waals surface area (Å²) in [7, 11) is 3.34. The summed E-state index contributed by atoms with van der Waals surface area (Å²) in [5.41, 5.74) is 5.51. The van der Waals surface area contributed by atoms with Crippen LogP contribution in [0.2, 0.25) is 5.02 Å². The maximum absolute atomic E-state index is 6.50. The molecule has 5 nitrogen and oxygen atoms in total. The summed E-state index contributed by atoms with van der Waals surface area (Å²) >= 11 is 6.50. The Morgan fingerprint density at radius 1 is 1.15 bits per heavy atom. The van der Waals surface area contributed by atoms with Gasteiger partial charge in [0.05, 0.1) is 41.6 Å². The van der Waals surface area contributed by atoms with Gasteiger partial charge in [0.15, 0.2) is 0 Å². The number of ether oxygens (including phenoxy) is 2. The molecule has 0 aliphatic rings. The summed E-state index contributed by atoms with van der Waals surface area (Å²) in [4.78, 5) is 9.53. The van der Waals surface area contributed by atoms with Gasteiger partial charge in [0, 0.05) is 19.0 Å². The van der Waals surface area contributed by atoms with Gasteiger partial charge in [-0.15, -0.1) is 0 Å². The van der Waals surface area contributed by atoms with Gasteiger partial charge < -0.3 is 14.0 Å². The molecule has 144 valence electrons. The zero-order valence-electron chi connectivity index (χ0n) is 16.7. The van der Waals surface area contributed by atoms with Crippen molar-refractivity contribution in [2.45, 2.75) is 39.7 Å². The summed E-state index contributed by atoms with van der Waals surface area (Å²) < 4.78 is 13.0. The lowest BCUT2D eigenvalue weighted by Crippen LogP contribution is -2.10. The lowest BCUT2D eigenvalue weighted by atomic mass is 10.0. The number of hydrogen-bond acceptors (Lipinski definition) is 4. The molecule has 0 amide bonds. The highest BCUT2D eigenvalue weighted by Gasteiger charge is 2.19. The Bertz CT molecular complexity index is 966. The molecule has 0 saturated carbocycles. The molecule has 0 radical (unpaired) electrons. The van der Waals surface area contributed by atoms with Crippen molar-refractivity contribution in [3.8, 4) is 17.1 Å². The molecule has 0 aromatic carbocycles. The molecule has 0 saturated heterocycles. The van der Waals surface area contributed by atoms with E-state index in [2.05, 4.69) is 36.4 Å². The molecule has 0 fully saturated rings. The predicted molar refractivity (Wildman–Crippen MR) is 110 cm³/mol. The van der Waals surface area contributed by atoms with E-state index in [9.17, 15) is 0 Å². The summed E-state index contributed by atoms with van der Waals surface area (Å²) in [6.07, 6.45) is 1.92. The van der Waals surface area contributed by atoms with E-state index in [1.54, 1.807) is 14.2 Å². The van der Waals surface area contributed by atoms with Gasteiger partial charge in [-0.05, 0) is 43.5 Å². The molecular formula is C21H26ClN3O2. The van der Waals surface area contributed by atoms with Gasteiger partial charge in [-0.25, -0.2) is 9.97 Å². The van der Waals surface area contributed by atoms with E-state index in [0.717, 1.165) is 33.5 Å². The largest absolute Gasteiger partial charge is 0.480 e. The van der Waals surface area contributed by atoms with Crippen molar-refractivity contribution < 1.29 is 9.47 Å². The van der Waals surface area contributed by atoms with E-state index in [-0.39, 0.29) is 6.04 Å². The molecule has 27 heavy (non-hydrogen) atoms. The summed E-state index contributed by atoms with van der Waals surface area (Å²) in [6.45, 7) is 8.97. The van der Waals surface area contributed by atoms with Gasteiger partial charge in [0.2, 0.25) is 5.88 Å². The lowest BCUT2D eigenvalue weighted by Gasteiger charge is -2.15. The predicted octanol–water partition coefficient (Wildman–Crippen LogP) is 5.40. The molecule has 0 aliphatic heterocycles. The maximum Gasteiger partial charge on any atom is 0.222 e. The normalized spacial score (nSPS) is 12.7. The molecule has 0 spiro atoms. The van der Waals surface area contributed by atoms with E-state index < -0.39 is 0 Å². The minimum absolute atomic E-state index is 0.165. The molecule has 1 unspecified atom stereocenters. The highest BCUT2D eigenvalue weighted by atomic mass is 35.5. The van der Waals surface area contributed by atoms with Crippen molar-refractivity contribution in [3.05, 3.63) is 40.7 Å². The van der Waals surface area contributed by atoms with Crippen LogP contribution in [0.25, 0.3) is 22.3 Å². The first-order valence-electron chi connectivity index (χ1n) is 9.09. The van der Waals surface area contributed by atoms with E-state index in [1.165, 1.54) is 0 Å². The number of rotatable bonds is 6. The lowest BCUT2D eigenvalue weighted by molar-refractivity contribution is 0.164. The zero-order chi connectivity index (χ0) is 19.7. The third-order valence-corrected chi connectivity index (χ3v) is 5.03. The number of aryl methyl sites for hydroxylation is 1. The van der Waals surface area contributed by atoms with Crippen LogP contribution >= 0.6 is 11.6 Å². The fraction of sp³-hybridized carbons (Fsp3) is 0.429. The standard InChI is InChI=1S/C21H26ClN3O2/c1-12(2)17-8-7-15(21(23-17)27-6)19-13(3)9-18-20(24-19)16(22)10-25(18)14(4)11-26-5/h7-10,12,14H,11H2,1-6H3. The SMILES string of the molecule is COCC(C)n1cc(Cl)c2nc(-c3ccc(C(C)C)nc3OC)c(C)cc21. The van der Waals surface area contributed by atoms with Crippen LogP contribution in [0, 0.1) is 6.92 Å². The molecule has 3 aromatic rings. The van der Waals surface area contributed by atoms with Crippen LogP contribution in [-0.4, -0.2) is 35.4 Å². The molecule has 6 heteroatoms. The first kappa shape index (κ1) is 19.6. The van der Waals surface area contributed by atoms with Crippen LogP contribution in [0.15, 0.2) is 24.4 Å². The average molecular weight is 388 g/mol. The topological polar surface area (TPSA) is 49.2 Å². The number of halogens is 1. The Kier molecular flexibility index (Phi) is 5.72. The Morgan fingerprint density at radius 2 is 1.89 bits per heavy atom. The fourth-order valence-electron chi connectivity index (χ4n) is 3.30. The van der Waals surface area contributed by atoms with Crippen molar-refractivity contribution in [2.75, 3.05) is 20.8 Å². The van der Waals surface area contributed by atoms with Crippen LogP contribution in [-0.2, 0) is 4.74 Å². The van der Waals surface area contributed by atoms with Gasteiger partial charge in [0.1, 0.15) is 5.52 Å². The van der Waals surface area contributed by atoms with Crippen molar-refractivity contribution in [2.24, 2.45) is 0 Å². The smallest absolute Gasteiger partial charge is 0.222 e. The fourth-order valence-corrected chi connectivity index (χ4v) is 3.54. The summed E-state index contributed by atoms with van der Waals surface area (Å²) in [6, 6.07) is 6.34. The number of methoxy groups -OCH3 is 2. The number of pyridine rings is 2. The van der Waals surface area contributed by atoms with Gasteiger partial charge in [0.25, 0.3) is 0 Å². The van der Waals surface area contributed by atoms with Crippen LogP contribution < -0.4 is 4.74 Å². The highest BCUT2D eigenvalue weighted by Crippen LogP contribution is 2.35. The summed E-state index contributed by atoms with van der Waals surface area (Å²) in [5, 5.41) is 0.625. The average Bonchev–Trinajstić information content (AvgIpc) is 2.96. The third-order valence-electron chi connectivity index (χ3n) is 4.75. The number of hydrogen-bond donors (Lipinski definition) is 0. The van der Waals surface area contributed by atoms with Crippen LogP contribution in [0.4, 0.5) is 0 Å². The number of nitrogens with zero attached hydrogens (tertiary/aromatic N) is 3. The Balaban J connectivity index is 2.17. The third kappa shape index (κ3) is 3.66. The first-order chi connectivity index (χ1) is 12.9. The van der Waals surface area contributed by atoms with E-state index in [1.807, 2.05) is 25.3 Å². The second kappa shape index (κ2) is 7.87. The molecule has 3 rings (SSSR count). The van der Waals surface area contributed by atoms with E-state index in [4.69, 9.17) is 26.1 Å². The van der Waals surface area contributed by atoms with Gasteiger partial charge in [-0.1, -0.05) is 25.4 Å². The van der Waals surface area contributed by atoms with E-state index >= 15 is 0 Å². The van der Waals surface area contributed by atoms with Gasteiger partial charge in [-0.2, -0.15) is 0 Å². The number of fused-ring (bicyclic) bond motifs is 1. The minimum atomic E-state index is 0.165. The molecule has 0 N–H and O–H groups in total. The van der Waals surface area contributed by atoms with Crippen LogP contribution in [0.3, 0.4) is 0 Å². The first-order valence-corrected chi connectivity index (χ1v) is 9.47. The van der Waals surface area contributed by atoms with E-state index in [0.29, 0.717) is 23.4 Å². The van der Waals surface area contributed by atoms with Gasteiger partial charge >= 0.3 is 0 Å². The van der Waals surface area contributed by atoms with Crippen molar-refractivity contribution >= 4 is 22.6 Å². The molecule has 3 heterocycles. The zero-order valence-corrected chi connectivity index (χ0v) is 17.5. The maximum atomic E-state index is 6.50. The molecule has 1 atom stereocenters. The Hall–Kier alpha value is -2.11. The van der Waals surface area contributed by atoms with Crippen molar-refractivity contribution in [1.82, 2.24) is 14.5 Å². The molecular weight excluding hydrogens is 362 g/mol. The second-order valence-corrected chi connectivity index (χ2v) is 7.57. The molecule has 0 aliphatic carbocycles. The van der Waals surface area contributed by atoms with Crippen LogP contribution in [0.1, 0.15) is 44.0 Å². The minimum Gasteiger partial charge on any atom is -0.480 e. The van der Waals surface area contributed by atoms with Crippen molar-refractivity contribution in [1.29, 1.82) is 0 Å². The quantitative estimate of drug-likeness (QED) is 0.568. The Morgan fingerprint density at radius 3 is 2.52 bits per heavy atom. The highest BCUT2D eigenvalue weighted by molar-refractivity contribution is 6.35. The van der Waals surface area contributed by atoms with Crippen molar-refractivity contribution in [3.63, 3.8) is 0 Å². The monoisotopic (exact) mass is 387 g/mol. The second-order valence-electron chi connectivity index (χ2n) is 7.16. The van der Waals surface area contributed by atoms with Gasteiger partial charge in [-0.3, -0.25) is 0 Å². The molecule has 0 bridgehead atoms. The summed E-state index contributed by atoms with van der Waals surface area (Å²) in [5.74, 6) is 0.912. The van der Waals surface area contributed by atoms with Crippen LogP contribution in [0.5, 0.6) is 5.88 Å². The number of aromatic nitrogens is 3. The Labute approximate surface area is 165 Å². The molecule has 3 aromatic heterocycles.